The summed E-state index contributed by atoms with van der Waals surface area (Å²) < 4.78 is 5.40. The van der Waals surface area contributed by atoms with Gasteiger partial charge in [0.05, 0.1) is 6.26 Å². The second kappa shape index (κ2) is 8.79. The molecule has 0 amide bonds. The maximum absolute atomic E-state index is 5.40. The van der Waals surface area contributed by atoms with Crippen LogP contribution in [-0.4, -0.2) is 18.0 Å². The molecule has 1 aromatic carbocycles. The van der Waals surface area contributed by atoms with Crippen molar-refractivity contribution in [3.8, 4) is 0 Å². The molecule has 0 fully saturated rings. The Balaban J connectivity index is 0.000000545. The number of rotatable bonds is 4. The van der Waals surface area contributed by atoms with Crippen molar-refractivity contribution in [2.45, 2.75) is 53.0 Å². The van der Waals surface area contributed by atoms with Crippen LogP contribution in [-0.2, 0) is 25.8 Å². The maximum Gasteiger partial charge on any atom is 0.105 e. The van der Waals surface area contributed by atoms with Gasteiger partial charge in [0.1, 0.15) is 5.76 Å². The Morgan fingerprint density at radius 3 is 2.59 bits per heavy atom. The van der Waals surface area contributed by atoms with Crippen LogP contribution in [0.25, 0.3) is 0 Å². The summed E-state index contributed by atoms with van der Waals surface area (Å²) in [6, 6.07) is 10.8. The summed E-state index contributed by atoms with van der Waals surface area (Å²) in [5, 5.41) is 0. The van der Waals surface area contributed by atoms with Crippen LogP contribution in [0.3, 0.4) is 0 Å². The highest BCUT2D eigenvalue weighted by atomic mass is 16.3. The van der Waals surface area contributed by atoms with Crippen molar-refractivity contribution in [2.24, 2.45) is 0 Å². The van der Waals surface area contributed by atoms with E-state index in [1.165, 1.54) is 30.5 Å². The molecule has 2 heterocycles. The molecule has 1 aliphatic heterocycles. The molecule has 0 atom stereocenters. The van der Waals surface area contributed by atoms with Crippen molar-refractivity contribution in [1.82, 2.24) is 4.90 Å². The van der Waals surface area contributed by atoms with Crippen molar-refractivity contribution in [1.29, 1.82) is 0 Å². The Hall–Kier alpha value is -1.54. The van der Waals surface area contributed by atoms with Crippen LogP contribution in [0.2, 0.25) is 0 Å². The number of furan rings is 1. The minimum atomic E-state index is 1.01. The van der Waals surface area contributed by atoms with Crippen molar-refractivity contribution in [3.63, 3.8) is 0 Å². The Labute approximate surface area is 135 Å². The van der Waals surface area contributed by atoms with Gasteiger partial charge >= 0.3 is 0 Å². The molecule has 1 aromatic heterocycles. The van der Waals surface area contributed by atoms with E-state index in [2.05, 4.69) is 49.9 Å². The van der Waals surface area contributed by atoms with E-state index in [1.54, 1.807) is 11.8 Å². The number of aryl methyl sites for hydroxylation is 1. The molecular formula is C20H29NO. The van der Waals surface area contributed by atoms with Gasteiger partial charge in [-0.2, -0.15) is 0 Å². The van der Waals surface area contributed by atoms with E-state index < -0.39 is 0 Å². The molecule has 22 heavy (non-hydrogen) atoms. The Kier molecular flexibility index (Phi) is 6.73. The van der Waals surface area contributed by atoms with Crippen LogP contribution in [0.15, 0.2) is 41.0 Å². The van der Waals surface area contributed by atoms with E-state index in [1.807, 2.05) is 6.07 Å². The fourth-order valence-electron chi connectivity index (χ4n) is 2.99. The maximum atomic E-state index is 5.40. The van der Waals surface area contributed by atoms with Crippen molar-refractivity contribution in [3.05, 3.63) is 59.0 Å². The number of fused-ring (bicyclic) bond motifs is 1. The Morgan fingerprint density at radius 2 is 1.91 bits per heavy atom. The van der Waals surface area contributed by atoms with E-state index in [4.69, 9.17) is 4.42 Å². The molecule has 0 unspecified atom stereocenters. The number of hydrogen-bond acceptors (Lipinski definition) is 2. The second-order valence-corrected chi connectivity index (χ2v) is 5.97. The first-order valence-corrected chi connectivity index (χ1v) is 8.62. The largest absolute Gasteiger partial charge is 0.469 e. The van der Waals surface area contributed by atoms with Gasteiger partial charge in [-0.25, -0.2) is 0 Å². The lowest BCUT2D eigenvalue weighted by molar-refractivity contribution is 0.251. The zero-order valence-electron chi connectivity index (χ0n) is 14.3. The van der Waals surface area contributed by atoms with Crippen molar-refractivity contribution >= 4 is 0 Å². The van der Waals surface area contributed by atoms with E-state index in [0.717, 1.165) is 31.7 Å². The molecule has 0 aliphatic carbocycles. The van der Waals surface area contributed by atoms with Crippen LogP contribution in [0, 0.1) is 0 Å². The van der Waals surface area contributed by atoms with Crippen LogP contribution in [0.4, 0.5) is 0 Å². The van der Waals surface area contributed by atoms with Gasteiger partial charge in [-0.15, -0.1) is 0 Å². The van der Waals surface area contributed by atoms with Gasteiger partial charge in [0.2, 0.25) is 0 Å². The van der Waals surface area contributed by atoms with E-state index in [9.17, 15) is 0 Å². The topological polar surface area (TPSA) is 16.4 Å². The average Bonchev–Trinajstić information content (AvgIpc) is 3.06. The van der Waals surface area contributed by atoms with Gasteiger partial charge in [-0.3, -0.25) is 4.90 Å². The molecule has 120 valence electrons. The predicted octanol–water partition coefficient (Wildman–Crippen LogP) is 4.86. The lowest BCUT2D eigenvalue weighted by Gasteiger charge is -2.29. The first kappa shape index (κ1) is 16.8. The van der Waals surface area contributed by atoms with E-state index in [0.29, 0.717) is 0 Å². The van der Waals surface area contributed by atoms with Crippen molar-refractivity contribution < 1.29 is 4.42 Å². The van der Waals surface area contributed by atoms with Gasteiger partial charge in [0.25, 0.3) is 0 Å². The zero-order valence-corrected chi connectivity index (χ0v) is 14.3. The summed E-state index contributed by atoms with van der Waals surface area (Å²) in [5.74, 6) is 1.09. The lowest BCUT2D eigenvalue weighted by atomic mass is 9.93. The molecule has 0 bridgehead atoms. The smallest absolute Gasteiger partial charge is 0.105 e. The molecule has 0 saturated heterocycles. The zero-order chi connectivity index (χ0) is 15.8. The number of hydrogen-bond donors (Lipinski definition) is 0. The van der Waals surface area contributed by atoms with Crippen LogP contribution in [0.5, 0.6) is 0 Å². The third kappa shape index (κ3) is 4.48. The normalized spacial score (nSPS) is 14.1. The molecule has 0 radical (unpaired) electrons. The molecule has 0 N–H and O–H groups in total. The molecule has 2 nitrogen and oxygen atoms in total. The molecule has 3 rings (SSSR count). The third-order valence-corrected chi connectivity index (χ3v) is 4.08. The summed E-state index contributed by atoms with van der Waals surface area (Å²) in [7, 11) is 0. The average molecular weight is 299 g/mol. The SMILES string of the molecule is CCC.CCc1cccc2c1CCN(CCc1ccco1)C2. The summed E-state index contributed by atoms with van der Waals surface area (Å²) in [6.07, 6.45) is 6.36. The number of nitrogens with zero attached hydrogens (tertiary/aromatic N) is 1. The first-order chi connectivity index (χ1) is 10.8. The quantitative estimate of drug-likeness (QED) is 0.801. The third-order valence-electron chi connectivity index (χ3n) is 4.08. The highest BCUT2D eigenvalue weighted by Gasteiger charge is 2.17. The summed E-state index contributed by atoms with van der Waals surface area (Å²) in [5.41, 5.74) is 4.65. The first-order valence-electron chi connectivity index (χ1n) is 8.62. The summed E-state index contributed by atoms with van der Waals surface area (Å²) >= 11 is 0. The molecule has 0 spiro atoms. The minimum absolute atomic E-state index is 1.01. The van der Waals surface area contributed by atoms with Gasteiger partial charge in [-0.05, 0) is 41.7 Å². The molecule has 1 aliphatic rings. The number of benzene rings is 1. The fourth-order valence-corrected chi connectivity index (χ4v) is 2.99. The summed E-state index contributed by atoms with van der Waals surface area (Å²) in [6.45, 7) is 9.84. The minimum Gasteiger partial charge on any atom is -0.469 e. The lowest BCUT2D eigenvalue weighted by Crippen LogP contribution is -2.32. The molecular weight excluding hydrogens is 270 g/mol. The second-order valence-electron chi connectivity index (χ2n) is 5.97. The van der Waals surface area contributed by atoms with Gasteiger partial charge in [-0.1, -0.05) is 45.4 Å². The highest BCUT2D eigenvalue weighted by Crippen LogP contribution is 2.23. The highest BCUT2D eigenvalue weighted by molar-refractivity contribution is 5.37. The van der Waals surface area contributed by atoms with Gasteiger partial charge in [0, 0.05) is 26.1 Å². The van der Waals surface area contributed by atoms with Gasteiger partial charge < -0.3 is 4.42 Å². The summed E-state index contributed by atoms with van der Waals surface area (Å²) in [4.78, 5) is 2.53. The van der Waals surface area contributed by atoms with E-state index >= 15 is 0 Å². The van der Waals surface area contributed by atoms with Crippen LogP contribution >= 0.6 is 0 Å². The van der Waals surface area contributed by atoms with Gasteiger partial charge in [0.15, 0.2) is 0 Å². The van der Waals surface area contributed by atoms with Crippen LogP contribution < -0.4 is 0 Å². The Morgan fingerprint density at radius 1 is 1.09 bits per heavy atom. The fraction of sp³-hybridized carbons (Fsp3) is 0.500. The van der Waals surface area contributed by atoms with Crippen molar-refractivity contribution in [2.75, 3.05) is 13.1 Å². The molecule has 2 heteroatoms. The molecule has 2 aromatic rings. The van der Waals surface area contributed by atoms with E-state index in [-0.39, 0.29) is 0 Å². The molecule has 0 saturated carbocycles. The monoisotopic (exact) mass is 299 g/mol. The Bertz CT molecular complexity index is 545. The van der Waals surface area contributed by atoms with Crippen LogP contribution in [0.1, 0.15) is 49.6 Å². The predicted molar refractivity (Wildman–Crippen MR) is 93.2 cm³/mol. The standard InChI is InChI=1S/C17H21NO.C3H8/c1-2-14-5-3-6-15-13-18(11-9-17(14)15)10-8-16-7-4-12-19-16;1-3-2/h3-7,12H,2,8-11,13H2,1H3;3H2,1-2H3.